The molecule has 0 aliphatic carbocycles. The molecule has 0 saturated carbocycles. The first kappa shape index (κ1) is 11.4. The van der Waals surface area contributed by atoms with Gasteiger partial charge in [-0.1, -0.05) is 0 Å². The first-order valence-corrected chi connectivity index (χ1v) is 6.45. The fourth-order valence-corrected chi connectivity index (χ4v) is 3.37. The van der Waals surface area contributed by atoms with E-state index in [1.54, 1.807) is 6.07 Å². The molecule has 3 rings (SSSR count). The number of piperidine rings is 1. The van der Waals surface area contributed by atoms with Crippen LogP contribution in [0.4, 0.5) is 11.4 Å². The Kier molecular flexibility index (Phi) is 2.64. The van der Waals surface area contributed by atoms with Gasteiger partial charge in [0.15, 0.2) is 0 Å². The monoisotopic (exact) mass is 243 g/mol. The molecule has 2 saturated heterocycles. The number of fused-ring (bicyclic) bond motifs is 2. The van der Waals surface area contributed by atoms with Gasteiger partial charge in [-0.3, -0.25) is 0 Å². The number of aliphatic hydroxyl groups is 1. The maximum atomic E-state index is 9.80. The van der Waals surface area contributed by atoms with Crippen LogP contribution in [0.5, 0.6) is 0 Å². The van der Waals surface area contributed by atoms with Crippen molar-refractivity contribution >= 4 is 11.4 Å². The molecule has 0 radical (unpaired) electrons. The van der Waals surface area contributed by atoms with Gasteiger partial charge in [0.2, 0.25) is 0 Å². The molecular formula is C14H17N3O. The third kappa shape index (κ3) is 1.72. The standard InChI is InChI=1S/C14H17N3O/c15-8-9-5-10(3-4-14(9)16)17-11-1-2-12(17)7-13(18)6-11/h3-5,11-13,18H,1-2,6-7,16H2. The van der Waals surface area contributed by atoms with E-state index in [0.717, 1.165) is 31.4 Å². The van der Waals surface area contributed by atoms with Gasteiger partial charge in [-0.25, -0.2) is 0 Å². The lowest BCUT2D eigenvalue weighted by Crippen LogP contribution is -2.44. The van der Waals surface area contributed by atoms with Crippen LogP contribution in [0.3, 0.4) is 0 Å². The minimum atomic E-state index is -0.164. The lowest BCUT2D eigenvalue weighted by atomic mass is 9.98. The van der Waals surface area contributed by atoms with Crippen molar-refractivity contribution < 1.29 is 5.11 Å². The summed E-state index contributed by atoms with van der Waals surface area (Å²) >= 11 is 0. The van der Waals surface area contributed by atoms with E-state index in [9.17, 15) is 5.11 Å². The largest absolute Gasteiger partial charge is 0.398 e. The Bertz CT molecular complexity index is 494. The maximum absolute atomic E-state index is 9.80. The molecule has 2 unspecified atom stereocenters. The number of nitrogens with zero attached hydrogens (tertiary/aromatic N) is 2. The topological polar surface area (TPSA) is 73.3 Å². The summed E-state index contributed by atoms with van der Waals surface area (Å²) in [7, 11) is 0. The van der Waals surface area contributed by atoms with Crippen molar-refractivity contribution in [2.75, 3.05) is 10.6 Å². The van der Waals surface area contributed by atoms with E-state index < -0.39 is 0 Å². The number of aliphatic hydroxyl groups excluding tert-OH is 1. The summed E-state index contributed by atoms with van der Waals surface area (Å²) in [5.74, 6) is 0. The molecule has 4 nitrogen and oxygen atoms in total. The van der Waals surface area contributed by atoms with Crippen molar-refractivity contribution in [3.8, 4) is 6.07 Å². The van der Waals surface area contributed by atoms with Crippen molar-refractivity contribution in [3.05, 3.63) is 23.8 Å². The Labute approximate surface area is 107 Å². The summed E-state index contributed by atoms with van der Waals surface area (Å²) in [5, 5.41) is 18.8. The van der Waals surface area contributed by atoms with Crippen LogP contribution in [0, 0.1) is 11.3 Å². The summed E-state index contributed by atoms with van der Waals surface area (Å²) in [6.07, 6.45) is 3.77. The van der Waals surface area contributed by atoms with Crippen LogP contribution in [0.15, 0.2) is 18.2 Å². The second kappa shape index (κ2) is 4.18. The molecule has 2 heterocycles. The third-order valence-corrected chi connectivity index (χ3v) is 4.16. The molecule has 0 aromatic heterocycles. The average molecular weight is 243 g/mol. The van der Waals surface area contributed by atoms with Gasteiger partial charge >= 0.3 is 0 Å². The van der Waals surface area contributed by atoms with E-state index in [-0.39, 0.29) is 6.10 Å². The van der Waals surface area contributed by atoms with E-state index >= 15 is 0 Å². The summed E-state index contributed by atoms with van der Waals surface area (Å²) in [6.45, 7) is 0. The quantitative estimate of drug-likeness (QED) is 0.735. The molecule has 94 valence electrons. The molecule has 2 atom stereocenters. The highest BCUT2D eigenvalue weighted by Gasteiger charge is 2.40. The van der Waals surface area contributed by atoms with Crippen molar-refractivity contribution in [2.45, 2.75) is 43.9 Å². The highest BCUT2D eigenvalue weighted by molar-refractivity contribution is 5.64. The zero-order valence-corrected chi connectivity index (χ0v) is 10.2. The normalized spacial score (nSPS) is 30.2. The minimum Gasteiger partial charge on any atom is -0.398 e. The number of hydrogen-bond acceptors (Lipinski definition) is 4. The molecule has 2 aliphatic rings. The molecule has 3 N–H and O–H groups in total. The van der Waals surface area contributed by atoms with E-state index in [4.69, 9.17) is 11.0 Å². The summed E-state index contributed by atoms with van der Waals surface area (Å²) in [4.78, 5) is 2.37. The van der Waals surface area contributed by atoms with Crippen LogP contribution in [0.25, 0.3) is 0 Å². The lowest BCUT2D eigenvalue weighted by Gasteiger charge is -2.39. The number of rotatable bonds is 1. The summed E-state index contributed by atoms with van der Waals surface area (Å²) in [6, 6.07) is 8.62. The van der Waals surface area contributed by atoms with Crippen molar-refractivity contribution in [2.24, 2.45) is 0 Å². The predicted octanol–water partition coefficient (Wildman–Crippen LogP) is 1.63. The van der Waals surface area contributed by atoms with Crippen LogP contribution in [0.2, 0.25) is 0 Å². The molecule has 2 bridgehead atoms. The number of hydrogen-bond donors (Lipinski definition) is 2. The van der Waals surface area contributed by atoms with Gasteiger partial charge in [0.1, 0.15) is 6.07 Å². The number of nitriles is 1. The summed E-state index contributed by atoms with van der Waals surface area (Å²) < 4.78 is 0. The molecule has 2 aliphatic heterocycles. The van der Waals surface area contributed by atoms with Crippen LogP contribution in [0.1, 0.15) is 31.2 Å². The van der Waals surface area contributed by atoms with Crippen LogP contribution < -0.4 is 10.6 Å². The Morgan fingerprint density at radius 2 is 1.94 bits per heavy atom. The Balaban J connectivity index is 1.94. The number of nitrogens with two attached hydrogens (primary N) is 1. The smallest absolute Gasteiger partial charge is 0.101 e. The Hall–Kier alpha value is -1.73. The van der Waals surface area contributed by atoms with E-state index in [0.29, 0.717) is 23.3 Å². The molecule has 0 amide bonds. The molecule has 4 heteroatoms. The van der Waals surface area contributed by atoms with Crippen molar-refractivity contribution in [1.29, 1.82) is 5.26 Å². The first-order valence-electron chi connectivity index (χ1n) is 6.45. The SMILES string of the molecule is N#Cc1cc(N2C3CCC2CC(O)C3)ccc1N. The molecular weight excluding hydrogens is 226 g/mol. The number of anilines is 2. The van der Waals surface area contributed by atoms with Crippen LogP contribution >= 0.6 is 0 Å². The third-order valence-electron chi connectivity index (χ3n) is 4.16. The second-order valence-corrected chi connectivity index (χ2v) is 5.30. The Morgan fingerprint density at radius 3 is 2.56 bits per heavy atom. The van der Waals surface area contributed by atoms with Crippen LogP contribution in [-0.4, -0.2) is 23.3 Å². The highest BCUT2D eigenvalue weighted by Crippen LogP contribution is 2.39. The van der Waals surface area contributed by atoms with Crippen molar-refractivity contribution in [3.63, 3.8) is 0 Å². The van der Waals surface area contributed by atoms with Gasteiger partial charge in [0.05, 0.1) is 11.7 Å². The average Bonchev–Trinajstić information content (AvgIpc) is 2.63. The first-order chi connectivity index (χ1) is 8.69. The lowest BCUT2D eigenvalue weighted by molar-refractivity contribution is 0.126. The Morgan fingerprint density at radius 1 is 1.28 bits per heavy atom. The maximum Gasteiger partial charge on any atom is 0.101 e. The summed E-state index contributed by atoms with van der Waals surface area (Å²) in [5.41, 5.74) is 7.90. The van der Waals surface area contributed by atoms with E-state index in [2.05, 4.69) is 11.0 Å². The van der Waals surface area contributed by atoms with Gasteiger partial charge in [0.25, 0.3) is 0 Å². The fourth-order valence-electron chi connectivity index (χ4n) is 3.37. The zero-order chi connectivity index (χ0) is 12.7. The van der Waals surface area contributed by atoms with Gasteiger partial charge in [-0.15, -0.1) is 0 Å². The van der Waals surface area contributed by atoms with Gasteiger partial charge in [-0.05, 0) is 43.9 Å². The fraction of sp³-hybridized carbons (Fsp3) is 0.500. The molecule has 1 aromatic carbocycles. The molecule has 18 heavy (non-hydrogen) atoms. The number of benzene rings is 1. The molecule has 2 fully saturated rings. The van der Waals surface area contributed by atoms with Crippen molar-refractivity contribution in [1.82, 2.24) is 0 Å². The zero-order valence-electron chi connectivity index (χ0n) is 10.2. The minimum absolute atomic E-state index is 0.164. The van der Waals surface area contributed by atoms with E-state index in [1.165, 1.54) is 0 Å². The second-order valence-electron chi connectivity index (χ2n) is 5.30. The predicted molar refractivity (Wildman–Crippen MR) is 70.1 cm³/mol. The van der Waals surface area contributed by atoms with Gasteiger partial charge in [0, 0.05) is 23.5 Å². The number of nitrogen functional groups attached to an aromatic ring is 1. The van der Waals surface area contributed by atoms with Crippen LogP contribution in [-0.2, 0) is 0 Å². The van der Waals surface area contributed by atoms with Gasteiger partial charge in [-0.2, -0.15) is 5.26 Å². The highest BCUT2D eigenvalue weighted by atomic mass is 16.3. The van der Waals surface area contributed by atoms with Gasteiger partial charge < -0.3 is 15.7 Å². The molecule has 1 aromatic rings. The van der Waals surface area contributed by atoms with E-state index in [1.807, 2.05) is 12.1 Å². The molecule has 0 spiro atoms.